The predicted octanol–water partition coefficient (Wildman–Crippen LogP) is 1.14. The lowest BCUT2D eigenvalue weighted by Crippen LogP contribution is -2.01. The van der Waals surface area contributed by atoms with Crippen LogP contribution in [0.1, 0.15) is 5.82 Å². The molecule has 0 aliphatic carbocycles. The van der Waals surface area contributed by atoms with Gasteiger partial charge in [0.2, 0.25) is 0 Å². The van der Waals surface area contributed by atoms with E-state index in [1.807, 2.05) is 0 Å². The van der Waals surface area contributed by atoms with E-state index in [4.69, 9.17) is 9.52 Å². The second-order valence-electron chi connectivity index (χ2n) is 4.04. The number of nitrogens with one attached hydrogen (secondary N) is 2. The van der Waals surface area contributed by atoms with E-state index >= 15 is 0 Å². The summed E-state index contributed by atoms with van der Waals surface area (Å²) in [6.45, 7) is 0. The highest BCUT2D eigenvalue weighted by Crippen LogP contribution is 2.21. The molecule has 0 saturated carbocycles. The van der Waals surface area contributed by atoms with Crippen molar-refractivity contribution in [1.29, 1.82) is 0 Å². The van der Waals surface area contributed by atoms with Gasteiger partial charge in [-0.1, -0.05) is 6.07 Å². The van der Waals surface area contributed by atoms with Crippen LogP contribution in [0.15, 0.2) is 33.6 Å². The number of oxazole rings is 1. The molecular weight excluding hydrogens is 250 g/mol. The smallest absolute Gasteiger partial charge is 0.417 e. The molecule has 0 saturated heterocycles. The quantitative estimate of drug-likeness (QED) is 0.652. The fourth-order valence-electron chi connectivity index (χ4n) is 1.86. The Morgan fingerprint density at radius 2 is 2.21 bits per heavy atom. The molecule has 3 aromatic rings. The number of hydrogen-bond donors (Lipinski definition) is 3. The number of rotatable bonds is 3. The molecule has 0 radical (unpaired) electrons. The molecule has 0 spiro atoms. The average molecular weight is 259 g/mol. The molecule has 96 valence electrons. The minimum absolute atomic E-state index is 0.165. The Balaban J connectivity index is 2.01. The number of nitrogens with zero attached hydrogens (tertiary/aromatic N) is 1. The van der Waals surface area contributed by atoms with E-state index in [9.17, 15) is 9.59 Å². The summed E-state index contributed by atoms with van der Waals surface area (Å²) in [6.07, 6.45) is 1.38. The monoisotopic (exact) mass is 259 g/mol. The maximum absolute atomic E-state index is 11.1. The van der Waals surface area contributed by atoms with Crippen LogP contribution >= 0.6 is 0 Å². The van der Waals surface area contributed by atoms with Crippen LogP contribution in [0.4, 0.5) is 0 Å². The van der Waals surface area contributed by atoms with Gasteiger partial charge in [0.25, 0.3) is 0 Å². The summed E-state index contributed by atoms with van der Waals surface area (Å²) in [5, 5.41) is 8.68. The molecule has 0 fully saturated rings. The summed E-state index contributed by atoms with van der Waals surface area (Å²) in [5.74, 6) is -1.09. The van der Waals surface area contributed by atoms with Crippen LogP contribution in [0.3, 0.4) is 0 Å². The Morgan fingerprint density at radius 3 is 3.00 bits per heavy atom. The van der Waals surface area contributed by atoms with Crippen molar-refractivity contribution < 1.29 is 14.3 Å². The van der Waals surface area contributed by atoms with Crippen LogP contribution in [0.5, 0.6) is 0 Å². The second-order valence-corrected chi connectivity index (χ2v) is 4.04. The zero-order valence-electron chi connectivity index (χ0n) is 9.64. The number of aliphatic carboxylic acids is 1. The Morgan fingerprint density at radius 1 is 1.37 bits per heavy atom. The van der Waals surface area contributed by atoms with E-state index in [1.165, 1.54) is 0 Å². The number of benzene rings is 1. The Labute approximate surface area is 105 Å². The highest BCUT2D eigenvalue weighted by atomic mass is 16.4. The maximum Gasteiger partial charge on any atom is 0.417 e. The van der Waals surface area contributed by atoms with Crippen LogP contribution in [0.2, 0.25) is 0 Å². The number of aromatic nitrogens is 3. The first kappa shape index (κ1) is 11.3. The second kappa shape index (κ2) is 4.13. The predicted molar refractivity (Wildman–Crippen MR) is 65.8 cm³/mol. The van der Waals surface area contributed by atoms with Crippen LogP contribution in [-0.4, -0.2) is 26.0 Å². The van der Waals surface area contributed by atoms with Crippen LogP contribution in [0.25, 0.3) is 22.4 Å². The van der Waals surface area contributed by atoms with E-state index in [1.54, 1.807) is 24.4 Å². The van der Waals surface area contributed by atoms with Crippen LogP contribution in [-0.2, 0) is 11.2 Å². The Hall–Kier alpha value is -2.83. The number of hydrogen-bond acceptors (Lipinski definition) is 4. The van der Waals surface area contributed by atoms with Gasteiger partial charge >= 0.3 is 11.7 Å². The van der Waals surface area contributed by atoms with Gasteiger partial charge in [-0.3, -0.25) is 9.78 Å². The fraction of sp³-hybridized carbons (Fsp3) is 0.0833. The number of imidazole rings is 1. The third kappa shape index (κ3) is 2.13. The molecule has 0 bridgehead atoms. The highest BCUT2D eigenvalue weighted by Gasteiger charge is 2.08. The lowest BCUT2D eigenvalue weighted by Gasteiger charge is -1.96. The number of H-pyrrole nitrogens is 2. The fourth-order valence-corrected chi connectivity index (χ4v) is 1.86. The van der Waals surface area contributed by atoms with Gasteiger partial charge < -0.3 is 14.5 Å². The third-order valence-electron chi connectivity index (χ3n) is 2.68. The molecule has 1 aromatic carbocycles. The molecule has 0 aliphatic heterocycles. The van der Waals surface area contributed by atoms with Gasteiger partial charge in [-0.2, -0.15) is 0 Å². The summed E-state index contributed by atoms with van der Waals surface area (Å²) >= 11 is 0. The molecule has 0 aliphatic rings. The standard InChI is InChI=1S/C12H9N3O4/c16-11(17)4-10-13-5-8(14-10)6-1-2-7-9(3-6)19-12(18)15-7/h1-3,5H,4H2,(H,13,14)(H,15,18)(H,16,17). The van der Waals surface area contributed by atoms with Crippen LogP contribution in [0, 0.1) is 0 Å². The Kier molecular flexibility index (Phi) is 2.45. The first-order chi connectivity index (χ1) is 9.11. The number of carboxylic acids is 1. The van der Waals surface area contributed by atoms with Crippen molar-refractivity contribution in [2.75, 3.05) is 0 Å². The van der Waals surface area contributed by atoms with Gasteiger partial charge in [0.05, 0.1) is 17.4 Å². The third-order valence-corrected chi connectivity index (χ3v) is 2.68. The maximum atomic E-state index is 11.1. The van der Waals surface area contributed by atoms with Crippen molar-refractivity contribution in [3.05, 3.63) is 40.8 Å². The van der Waals surface area contributed by atoms with Gasteiger partial charge in [0.15, 0.2) is 5.58 Å². The number of carbonyl (C=O) groups is 1. The summed E-state index contributed by atoms with van der Waals surface area (Å²) < 4.78 is 4.96. The molecule has 3 N–H and O–H groups in total. The number of carboxylic acid groups (broad SMARTS) is 1. The van der Waals surface area contributed by atoms with Gasteiger partial charge in [0, 0.05) is 5.56 Å². The average Bonchev–Trinajstić information content (AvgIpc) is 2.92. The van der Waals surface area contributed by atoms with Crippen molar-refractivity contribution in [2.24, 2.45) is 0 Å². The minimum Gasteiger partial charge on any atom is -0.481 e. The topological polar surface area (TPSA) is 112 Å². The SMILES string of the molecule is O=C(O)Cc1ncc(-c2ccc3[nH]c(=O)oc3c2)[nH]1. The van der Waals surface area contributed by atoms with E-state index in [0.29, 0.717) is 22.6 Å². The lowest BCUT2D eigenvalue weighted by molar-refractivity contribution is -0.136. The molecule has 7 heteroatoms. The first-order valence-electron chi connectivity index (χ1n) is 5.51. The van der Waals surface area contributed by atoms with Gasteiger partial charge in [-0.15, -0.1) is 0 Å². The summed E-state index contributed by atoms with van der Waals surface area (Å²) in [7, 11) is 0. The van der Waals surface area contributed by atoms with Crippen molar-refractivity contribution in [1.82, 2.24) is 15.0 Å². The number of aromatic amines is 2. The number of fused-ring (bicyclic) bond motifs is 1. The van der Waals surface area contributed by atoms with E-state index < -0.39 is 11.7 Å². The molecule has 2 heterocycles. The molecule has 19 heavy (non-hydrogen) atoms. The molecule has 7 nitrogen and oxygen atoms in total. The van der Waals surface area contributed by atoms with Crippen molar-refractivity contribution in [2.45, 2.75) is 6.42 Å². The first-order valence-corrected chi connectivity index (χ1v) is 5.51. The van der Waals surface area contributed by atoms with E-state index in [2.05, 4.69) is 15.0 Å². The summed E-state index contributed by atoms with van der Waals surface area (Å²) in [6, 6.07) is 5.18. The van der Waals surface area contributed by atoms with Gasteiger partial charge in [0.1, 0.15) is 12.2 Å². The van der Waals surface area contributed by atoms with E-state index in [0.717, 1.165) is 5.56 Å². The molecule has 0 unspecified atom stereocenters. The van der Waals surface area contributed by atoms with Crippen molar-refractivity contribution in [3.8, 4) is 11.3 Å². The molecular formula is C12H9N3O4. The van der Waals surface area contributed by atoms with Crippen molar-refractivity contribution >= 4 is 17.1 Å². The molecule has 0 atom stereocenters. The highest BCUT2D eigenvalue weighted by molar-refractivity contribution is 5.79. The normalized spacial score (nSPS) is 10.9. The van der Waals surface area contributed by atoms with E-state index in [-0.39, 0.29) is 6.42 Å². The molecule has 3 rings (SSSR count). The lowest BCUT2D eigenvalue weighted by atomic mass is 10.1. The summed E-state index contributed by atoms with van der Waals surface area (Å²) in [5.41, 5.74) is 2.48. The molecule has 0 amide bonds. The largest absolute Gasteiger partial charge is 0.481 e. The van der Waals surface area contributed by atoms with Crippen molar-refractivity contribution in [3.63, 3.8) is 0 Å². The Bertz CT molecular complexity index is 812. The van der Waals surface area contributed by atoms with Gasteiger partial charge in [-0.25, -0.2) is 9.78 Å². The summed E-state index contributed by atoms with van der Waals surface area (Å²) in [4.78, 5) is 31.1. The molecule has 2 aromatic heterocycles. The van der Waals surface area contributed by atoms with Crippen LogP contribution < -0.4 is 5.76 Å². The zero-order chi connectivity index (χ0) is 13.4. The zero-order valence-corrected chi connectivity index (χ0v) is 9.64. The van der Waals surface area contributed by atoms with Gasteiger partial charge in [-0.05, 0) is 12.1 Å². The minimum atomic E-state index is -0.951.